The maximum Gasteiger partial charge on any atom is 0.224 e. The molecule has 0 bridgehead atoms. The largest absolute Gasteiger partial charge is 0.369 e. The molecule has 31 heavy (non-hydrogen) atoms. The van der Waals surface area contributed by atoms with Crippen LogP contribution in [0.1, 0.15) is 20.3 Å². The van der Waals surface area contributed by atoms with Gasteiger partial charge in [-0.15, -0.1) is 0 Å². The molecule has 0 unspecified atom stereocenters. The molecule has 4 rings (SSSR count). The number of aromatic nitrogens is 3. The van der Waals surface area contributed by atoms with E-state index in [2.05, 4.69) is 34.0 Å². The third-order valence-electron chi connectivity index (χ3n) is 5.51. The van der Waals surface area contributed by atoms with E-state index in [1.807, 2.05) is 21.6 Å². The topological polar surface area (TPSA) is 65.8 Å². The van der Waals surface area contributed by atoms with Crippen molar-refractivity contribution in [2.45, 2.75) is 20.3 Å². The van der Waals surface area contributed by atoms with E-state index >= 15 is 0 Å². The van der Waals surface area contributed by atoms with Crippen molar-refractivity contribution in [1.82, 2.24) is 24.2 Å². The second-order valence-electron chi connectivity index (χ2n) is 8.38. The van der Waals surface area contributed by atoms with Gasteiger partial charge in [0.25, 0.3) is 0 Å². The number of nitrogens with zero attached hydrogens (tertiary/aromatic N) is 5. The monoisotopic (exact) mass is 424 g/mol. The predicted molar refractivity (Wildman–Crippen MR) is 119 cm³/mol. The molecule has 0 radical (unpaired) electrons. The Morgan fingerprint density at radius 1 is 1.23 bits per heavy atom. The SMILES string of the molecule is CC(C)CN1CCN(C(=O)CCNc2c(-c3cccc(F)c3)nc3cnccn23)CC1. The third-order valence-corrected chi connectivity index (χ3v) is 5.51. The minimum atomic E-state index is -0.314. The van der Waals surface area contributed by atoms with E-state index in [-0.39, 0.29) is 11.7 Å². The zero-order valence-electron chi connectivity index (χ0n) is 18.1. The number of piperazine rings is 1. The van der Waals surface area contributed by atoms with Crippen LogP contribution in [-0.2, 0) is 4.79 Å². The molecule has 0 atom stereocenters. The lowest BCUT2D eigenvalue weighted by atomic mass is 10.1. The Kier molecular flexibility index (Phi) is 6.46. The number of rotatable bonds is 7. The van der Waals surface area contributed by atoms with E-state index in [0.717, 1.165) is 38.5 Å². The molecule has 3 aromatic rings. The van der Waals surface area contributed by atoms with Crippen LogP contribution < -0.4 is 5.32 Å². The standard InChI is InChI=1S/C23H29FN6O/c1-17(2)16-28-10-12-29(13-11-28)21(31)6-7-26-23-22(18-4-3-5-19(24)14-18)27-20-15-25-8-9-30(20)23/h3-5,8-9,14-15,17,26H,6-7,10-13,16H2,1-2H3. The zero-order valence-corrected chi connectivity index (χ0v) is 18.1. The van der Waals surface area contributed by atoms with Crippen LogP contribution in [0, 0.1) is 11.7 Å². The highest BCUT2D eigenvalue weighted by molar-refractivity contribution is 5.79. The zero-order chi connectivity index (χ0) is 21.8. The van der Waals surface area contributed by atoms with Crippen molar-refractivity contribution >= 4 is 17.4 Å². The quantitative estimate of drug-likeness (QED) is 0.631. The van der Waals surface area contributed by atoms with E-state index < -0.39 is 0 Å². The minimum Gasteiger partial charge on any atom is -0.369 e. The molecule has 1 aromatic carbocycles. The molecule has 7 nitrogen and oxygen atoms in total. The molecular formula is C23H29FN6O. The Labute approximate surface area is 181 Å². The Bertz CT molecular complexity index is 1040. The Morgan fingerprint density at radius 3 is 2.77 bits per heavy atom. The van der Waals surface area contributed by atoms with Crippen LogP contribution in [0.3, 0.4) is 0 Å². The van der Waals surface area contributed by atoms with Gasteiger partial charge in [0, 0.05) is 63.6 Å². The summed E-state index contributed by atoms with van der Waals surface area (Å²) in [7, 11) is 0. The summed E-state index contributed by atoms with van der Waals surface area (Å²) in [6, 6.07) is 6.36. The summed E-state index contributed by atoms with van der Waals surface area (Å²) in [6.45, 7) is 9.42. The van der Waals surface area contributed by atoms with Crippen LogP contribution in [0.4, 0.5) is 10.2 Å². The second kappa shape index (κ2) is 9.43. The van der Waals surface area contributed by atoms with Gasteiger partial charge in [0.15, 0.2) is 5.65 Å². The molecule has 1 saturated heterocycles. The van der Waals surface area contributed by atoms with E-state index in [0.29, 0.717) is 35.8 Å². The van der Waals surface area contributed by atoms with E-state index in [1.54, 1.807) is 18.5 Å². The number of carbonyl (C=O) groups is 1. The van der Waals surface area contributed by atoms with Crippen molar-refractivity contribution in [1.29, 1.82) is 0 Å². The lowest BCUT2D eigenvalue weighted by Gasteiger charge is -2.35. The highest BCUT2D eigenvalue weighted by Gasteiger charge is 2.21. The molecule has 3 heterocycles. The number of amides is 1. The van der Waals surface area contributed by atoms with Crippen LogP contribution in [0.15, 0.2) is 42.9 Å². The van der Waals surface area contributed by atoms with Gasteiger partial charge in [-0.3, -0.25) is 19.1 Å². The maximum absolute atomic E-state index is 13.8. The lowest BCUT2D eigenvalue weighted by Crippen LogP contribution is -2.49. The minimum absolute atomic E-state index is 0.152. The summed E-state index contributed by atoms with van der Waals surface area (Å²) >= 11 is 0. The van der Waals surface area contributed by atoms with Crippen molar-refractivity contribution in [2.24, 2.45) is 5.92 Å². The number of anilines is 1. The summed E-state index contributed by atoms with van der Waals surface area (Å²) in [5.74, 6) is 1.21. The van der Waals surface area contributed by atoms with Gasteiger partial charge in [-0.25, -0.2) is 9.37 Å². The summed E-state index contributed by atoms with van der Waals surface area (Å²) in [4.78, 5) is 25.8. The van der Waals surface area contributed by atoms with Crippen LogP contribution in [0.2, 0.25) is 0 Å². The summed E-state index contributed by atoms with van der Waals surface area (Å²) in [6.07, 6.45) is 5.54. The average Bonchev–Trinajstić information content (AvgIpc) is 3.12. The number of hydrogen-bond acceptors (Lipinski definition) is 5. The number of fused-ring (bicyclic) bond motifs is 1. The van der Waals surface area contributed by atoms with Crippen molar-refractivity contribution < 1.29 is 9.18 Å². The fourth-order valence-electron chi connectivity index (χ4n) is 4.05. The molecule has 1 aliphatic heterocycles. The van der Waals surface area contributed by atoms with E-state index in [4.69, 9.17) is 0 Å². The summed E-state index contributed by atoms with van der Waals surface area (Å²) in [5, 5.41) is 3.35. The van der Waals surface area contributed by atoms with Gasteiger partial charge in [0.2, 0.25) is 5.91 Å². The molecule has 1 fully saturated rings. The van der Waals surface area contributed by atoms with Gasteiger partial charge in [-0.1, -0.05) is 26.0 Å². The van der Waals surface area contributed by atoms with Crippen LogP contribution in [-0.4, -0.2) is 69.3 Å². The molecule has 1 N–H and O–H groups in total. The van der Waals surface area contributed by atoms with Gasteiger partial charge in [-0.2, -0.15) is 0 Å². The fourth-order valence-corrected chi connectivity index (χ4v) is 4.05. The molecular weight excluding hydrogens is 395 g/mol. The van der Waals surface area contributed by atoms with Crippen molar-refractivity contribution in [3.8, 4) is 11.3 Å². The normalized spacial score (nSPS) is 15.0. The predicted octanol–water partition coefficient (Wildman–Crippen LogP) is 3.14. The van der Waals surface area contributed by atoms with Crippen LogP contribution in [0.5, 0.6) is 0 Å². The van der Waals surface area contributed by atoms with Crippen LogP contribution >= 0.6 is 0 Å². The lowest BCUT2D eigenvalue weighted by molar-refractivity contribution is -0.132. The second-order valence-corrected chi connectivity index (χ2v) is 8.38. The molecule has 2 aromatic heterocycles. The number of nitrogens with one attached hydrogen (secondary N) is 1. The molecule has 8 heteroatoms. The van der Waals surface area contributed by atoms with Gasteiger partial charge in [0.05, 0.1) is 6.20 Å². The van der Waals surface area contributed by atoms with Crippen molar-refractivity contribution in [2.75, 3.05) is 44.6 Å². The van der Waals surface area contributed by atoms with E-state index in [1.165, 1.54) is 12.1 Å². The summed E-state index contributed by atoms with van der Waals surface area (Å²) < 4.78 is 15.7. The van der Waals surface area contributed by atoms with Crippen LogP contribution in [0.25, 0.3) is 16.9 Å². The van der Waals surface area contributed by atoms with Gasteiger partial charge in [0.1, 0.15) is 17.3 Å². The van der Waals surface area contributed by atoms with Gasteiger partial charge >= 0.3 is 0 Å². The molecule has 0 aliphatic carbocycles. The number of imidazole rings is 1. The third kappa shape index (κ3) is 5.02. The molecule has 164 valence electrons. The molecule has 0 spiro atoms. The van der Waals surface area contributed by atoms with Gasteiger partial charge < -0.3 is 10.2 Å². The first kappa shape index (κ1) is 21.2. The molecule has 0 saturated carbocycles. The van der Waals surface area contributed by atoms with Crippen molar-refractivity contribution in [3.63, 3.8) is 0 Å². The smallest absolute Gasteiger partial charge is 0.224 e. The number of halogens is 1. The van der Waals surface area contributed by atoms with E-state index in [9.17, 15) is 9.18 Å². The first-order valence-electron chi connectivity index (χ1n) is 10.8. The number of carbonyl (C=O) groups excluding carboxylic acids is 1. The van der Waals surface area contributed by atoms with Gasteiger partial charge in [-0.05, 0) is 18.1 Å². The first-order chi connectivity index (χ1) is 15.0. The maximum atomic E-state index is 13.8. The summed E-state index contributed by atoms with van der Waals surface area (Å²) in [5.41, 5.74) is 1.98. The molecule has 1 aliphatic rings. The highest BCUT2D eigenvalue weighted by atomic mass is 19.1. The Balaban J connectivity index is 1.41. The molecule has 1 amide bonds. The van der Waals surface area contributed by atoms with Crippen molar-refractivity contribution in [3.05, 3.63) is 48.7 Å². The highest BCUT2D eigenvalue weighted by Crippen LogP contribution is 2.28. The Morgan fingerprint density at radius 2 is 2.03 bits per heavy atom. The fraction of sp³-hybridized carbons (Fsp3) is 0.435. The average molecular weight is 425 g/mol. The number of benzene rings is 1. The first-order valence-corrected chi connectivity index (χ1v) is 10.8. The number of hydrogen-bond donors (Lipinski definition) is 1. The Hall–Kier alpha value is -3.00.